The normalized spacial score (nSPS) is 11.1. The number of unbranched alkanes of at least 4 members (excludes halogenated alkanes) is 2. The van der Waals surface area contributed by atoms with Crippen molar-refractivity contribution in [1.29, 1.82) is 0 Å². The monoisotopic (exact) mass is 308 g/mol. The SMILES string of the molecule is CCCCCc1cccc2c(OC)c3ccccc3c(OC)c12. The fourth-order valence-corrected chi connectivity index (χ4v) is 3.42. The van der Waals surface area contributed by atoms with Crippen LogP contribution in [0.3, 0.4) is 0 Å². The first-order valence-corrected chi connectivity index (χ1v) is 8.36. The standard InChI is InChI=1S/C21H24O2/c1-4-5-6-10-15-11-9-14-18-19(15)21(23-3)17-13-8-7-12-16(17)20(18)22-2/h7-9,11-14H,4-6,10H2,1-3H3. The highest BCUT2D eigenvalue weighted by molar-refractivity contribution is 6.12. The molecule has 0 aliphatic carbocycles. The molecule has 2 nitrogen and oxygen atoms in total. The van der Waals surface area contributed by atoms with E-state index >= 15 is 0 Å². The highest BCUT2D eigenvalue weighted by Crippen LogP contribution is 2.44. The van der Waals surface area contributed by atoms with Crippen molar-refractivity contribution in [2.24, 2.45) is 0 Å². The summed E-state index contributed by atoms with van der Waals surface area (Å²) in [5.74, 6) is 1.90. The summed E-state index contributed by atoms with van der Waals surface area (Å²) < 4.78 is 11.6. The molecule has 0 aliphatic rings. The number of rotatable bonds is 6. The molecule has 0 atom stereocenters. The summed E-state index contributed by atoms with van der Waals surface area (Å²) in [6.45, 7) is 2.24. The first kappa shape index (κ1) is 15.7. The second kappa shape index (κ2) is 6.91. The number of ether oxygens (including phenoxy) is 2. The van der Waals surface area contributed by atoms with Gasteiger partial charge in [0.05, 0.1) is 14.2 Å². The number of methoxy groups -OCH3 is 2. The first-order valence-electron chi connectivity index (χ1n) is 8.36. The molecule has 0 aromatic heterocycles. The maximum atomic E-state index is 5.83. The summed E-state index contributed by atoms with van der Waals surface area (Å²) in [5.41, 5.74) is 1.34. The Morgan fingerprint density at radius 2 is 1.39 bits per heavy atom. The van der Waals surface area contributed by atoms with Crippen LogP contribution in [0.4, 0.5) is 0 Å². The molecule has 0 fully saturated rings. The third-order valence-electron chi connectivity index (χ3n) is 4.50. The Hall–Kier alpha value is -2.22. The molecular weight excluding hydrogens is 284 g/mol. The lowest BCUT2D eigenvalue weighted by Crippen LogP contribution is -1.96. The number of aryl methyl sites for hydroxylation is 1. The molecular formula is C21H24O2. The largest absolute Gasteiger partial charge is 0.495 e. The van der Waals surface area contributed by atoms with Crippen LogP contribution >= 0.6 is 0 Å². The van der Waals surface area contributed by atoms with Crippen LogP contribution in [0, 0.1) is 0 Å². The Balaban J connectivity index is 2.33. The van der Waals surface area contributed by atoms with Crippen molar-refractivity contribution in [2.45, 2.75) is 32.6 Å². The Kier molecular flexibility index (Phi) is 4.71. The van der Waals surface area contributed by atoms with E-state index in [-0.39, 0.29) is 0 Å². The lowest BCUT2D eigenvalue weighted by atomic mass is 9.94. The molecule has 0 amide bonds. The second-order valence-corrected chi connectivity index (χ2v) is 5.91. The van der Waals surface area contributed by atoms with Gasteiger partial charge in [0.15, 0.2) is 0 Å². The molecule has 0 radical (unpaired) electrons. The number of fused-ring (bicyclic) bond motifs is 2. The van der Waals surface area contributed by atoms with E-state index < -0.39 is 0 Å². The minimum Gasteiger partial charge on any atom is -0.495 e. The maximum Gasteiger partial charge on any atom is 0.135 e. The summed E-state index contributed by atoms with van der Waals surface area (Å²) in [6.07, 6.45) is 4.76. The zero-order chi connectivity index (χ0) is 16.2. The highest BCUT2D eigenvalue weighted by Gasteiger charge is 2.17. The van der Waals surface area contributed by atoms with Gasteiger partial charge in [-0.25, -0.2) is 0 Å². The summed E-state index contributed by atoms with van der Waals surface area (Å²) in [6, 6.07) is 14.8. The van der Waals surface area contributed by atoms with Gasteiger partial charge < -0.3 is 9.47 Å². The molecule has 3 aromatic carbocycles. The van der Waals surface area contributed by atoms with Crippen molar-refractivity contribution < 1.29 is 9.47 Å². The highest BCUT2D eigenvalue weighted by atomic mass is 16.5. The molecule has 120 valence electrons. The van der Waals surface area contributed by atoms with Crippen LogP contribution in [0.2, 0.25) is 0 Å². The van der Waals surface area contributed by atoms with Crippen LogP contribution in [0.25, 0.3) is 21.5 Å². The first-order chi connectivity index (χ1) is 11.3. The van der Waals surface area contributed by atoms with Crippen molar-refractivity contribution >= 4 is 21.5 Å². The van der Waals surface area contributed by atoms with Gasteiger partial charge in [-0.05, 0) is 18.4 Å². The zero-order valence-corrected chi connectivity index (χ0v) is 14.2. The molecule has 0 heterocycles. The Morgan fingerprint density at radius 1 is 0.739 bits per heavy atom. The van der Waals surface area contributed by atoms with E-state index in [1.54, 1.807) is 14.2 Å². The topological polar surface area (TPSA) is 18.5 Å². The number of benzene rings is 3. The quantitative estimate of drug-likeness (QED) is 0.427. The molecule has 0 N–H and O–H groups in total. The van der Waals surface area contributed by atoms with Crippen molar-refractivity contribution in [3.63, 3.8) is 0 Å². The molecule has 3 rings (SSSR count). The van der Waals surface area contributed by atoms with Crippen LogP contribution in [0.1, 0.15) is 31.7 Å². The fourth-order valence-electron chi connectivity index (χ4n) is 3.42. The van der Waals surface area contributed by atoms with E-state index in [1.807, 2.05) is 6.07 Å². The van der Waals surface area contributed by atoms with Gasteiger partial charge in [-0.2, -0.15) is 0 Å². The maximum absolute atomic E-state index is 5.83. The minimum atomic E-state index is 0.939. The Bertz CT molecular complexity index is 821. The molecule has 0 aliphatic heterocycles. The van der Waals surface area contributed by atoms with Gasteiger partial charge in [-0.3, -0.25) is 0 Å². The van der Waals surface area contributed by atoms with E-state index in [0.717, 1.165) is 34.1 Å². The summed E-state index contributed by atoms with van der Waals surface area (Å²) in [4.78, 5) is 0. The zero-order valence-electron chi connectivity index (χ0n) is 14.2. The predicted molar refractivity (Wildman–Crippen MR) is 97.8 cm³/mol. The van der Waals surface area contributed by atoms with Crippen LogP contribution in [-0.2, 0) is 6.42 Å². The van der Waals surface area contributed by atoms with Gasteiger partial charge in [-0.15, -0.1) is 0 Å². The van der Waals surface area contributed by atoms with Crippen LogP contribution < -0.4 is 9.47 Å². The van der Waals surface area contributed by atoms with Crippen molar-refractivity contribution in [1.82, 2.24) is 0 Å². The predicted octanol–water partition coefficient (Wildman–Crippen LogP) is 5.74. The third kappa shape index (κ3) is 2.74. The molecule has 2 heteroatoms. The van der Waals surface area contributed by atoms with Gasteiger partial charge in [0.1, 0.15) is 11.5 Å². The van der Waals surface area contributed by atoms with Crippen LogP contribution in [0.15, 0.2) is 42.5 Å². The summed E-state index contributed by atoms with van der Waals surface area (Å²) in [7, 11) is 3.51. The minimum absolute atomic E-state index is 0.939. The van der Waals surface area contributed by atoms with E-state index in [0.29, 0.717) is 0 Å². The Morgan fingerprint density at radius 3 is 2.04 bits per heavy atom. The average Bonchev–Trinajstić information content (AvgIpc) is 2.60. The number of hydrogen-bond acceptors (Lipinski definition) is 2. The molecule has 3 aromatic rings. The summed E-state index contributed by atoms with van der Waals surface area (Å²) in [5, 5.41) is 4.55. The fraction of sp³-hybridized carbons (Fsp3) is 0.333. The van der Waals surface area contributed by atoms with Crippen molar-refractivity contribution in [2.75, 3.05) is 14.2 Å². The average molecular weight is 308 g/mol. The molecule has 23 heavy (non-hydrogen) atoms. The van der Waals surface area contributed by atoms with E-state index in [1.165, 1.54) is 30.2 Å². The van der Waals surface area contributed by atoms with E-state index in [9.17, 15) is 0 Å². The Labute approximate surface area is 138 Å². The smallest absolute Gasteiger partial charge is 0.135 e. The van der Waals surface area contributed by atoms with E-state index in [4.69, 9.17) is 9.47 Å². The molecule has 0 saturated carbocycles. The molecule has 0 bridgehead atoms. The molecule has 0 spiro atoms. The van der Waals surface area contributed by atoms with Gasteiger partial charge in [0.25, 0.3) is 0 Å². The van der Waals surface area contributed by atoms with Gasteiger partial charge in [0, 0.05) is 21.5 Å². The van der Waals surface area contributed by atoms with E-state index in [2.05, 4.69) is 43.3 Å². The van der Waals surface area contributed by atoms with Crippen molar-refractivity contribution in [3.8, 4) is 11.5 Å². The summed E-state index contributed by atoms with van der Waals surface area (Å²) >= 11 is 0. The second-order valence-electron chi connectivity index (χ2n) is 5.91. The third-order valence-corrected chi connectivity index (χ3v) is 4.50. The number of hydrogen-bond donors (Lipinski definition) is 0. The van der Waals surface area contributed by atoms with Crippen molar-refractivity contribution in [3.05, 3.63) is 48.0 Å². The van der Waals surface area contributed by atoms with Crippen LogP contribution in [-0.4, -0.2) is 14.2 Å². The van der Waals surface area contributed by atoms with Crippen LogP contribution in [0.5, 0.6) is 11.5 Å². The molecule has 0 unspecified atom stereocenters. The lowest BCUT2D eigenvalue weighted by Gasteiger charge is -2.17. The van der Waals surface area contributed by atoms with Gasteiger partial charge in [-0.1, -0.05) is 62.2 Å². The molecule has 0 saturated heterocycles. The van der Waals surface area contributed by atoms with Gasteiger partial charge >= 0.3 is 0 Å². The van der Waals surface area contributed by atoms with Gasteiger partial charge in [0.2, 0.25) is 0 Å². The lowest BCUT2D eigenvalue weighted by molar-refractivity contribution is 0.417.